The molecule has 1 rings (SSSR count). The topological polar surface area (TPSA) is 38.0 Å². The van der Waals surface area contributed by atoms with Crippen LogP contribution in [-0.2, 0) is 0 Å². The summed E-state index contributed by atoms with van der Waals surface area (Å²) in [7, 11) is 0. The molecule has 0 fully saturated rings. The molecule has 0 amide bonds. The molecule has 0 saturated heterocycles. The van der Waals surface area contributed by atoms with E-state index in [0.29, 0.717) is 19.5 Å². The molecule has 0 bridgehead atoms. The van der Waals surface area contributed by atoms with Crippen LogP contribution in [0, 0.1) is 0 Å². The number of alkyl halides is 3. The predicted octanol–water partition coefficient (Wildman–Crippen LogP) is 1.46. The van der Waals surface area contributed by atoms with Crippen molar-refractivity contribution in [2.75, 3.05) is 13.1 Å². The second-order valence-corrected chi connectivity index (χ2v) is 3.79. The maximum Gasteiger partial charge on any atom is 0.321 e. The highest BCUT2D eigenvalue weighted by molar-refractivity contribution is 6.21. The van der Waals surface area contributed by atoms with Crippen LogP contribution in [0.4, 0.5) is 8.78 Å². The van der Waals surface area contributed by atoms with E-state index in [4.69, 9.17) is 17.3 Å². The molecule has 0 aromatic rings. The molecule has 1 unspecified atom stereocenters. The Morgan fingerprint density at radius 2 is 2.38 bits per heavy atom. The summed E-state index contributed by atoms with van der Waals surface area (Å²) in [5.74, 6) is 0. The molecule has 0 aliphatic carbocycles. The third-order valence-corrected chi connectivity index (χ3v) is 2.10. The summed E-state index contributed by atoms with van der Waals surface area (Å²) in [4.78, 5) is 0. The quantitative estimate of drug-likeness (QED) is 0.547. The summed E-state index contributed by atoms with van der Waals surface area (Å²) in [6.07, 6.45) is 1.81. The van der Waals surface area contributed by atoms with Gasteiger partial charge in [0.1, 0.15) is 0 Å². The van der Waals surface area contributed by atoms with Crippen molar-refractivity contribution in [3.05, 3.63) is 11.6 Å². The van der Waals surface area contributed by atoms with Crippen LogP contribution in [0.2, 0.25) is 0 Å². The Balaban J connectivity index is 2.36. The van der Waals surface area contributed by atoms with Gasteiger partial charge < -0.3 is 11.1 Å². The van der Waals surface area contributed by atoms with E-state index in [1.165, 1.54) is 0 Å². The molecule has 1 heterocycles. The standard InChI is InChI=1S/C8H13ClF2N2/c9-8(10,11)2-1-6-3-7(12)5-13-4-6/h3,7,13H,1-2,4-5,12H2. The van der Waals surface area contributed by atoms with E-state index in [1.807, 2.05) is 6.08 Å². The third kappa shape index (κ3) is 4.55. The molecule has 1 atom stereocenters. The molecule has 1 aliphatic heterocycles. The van der Waals surface area contributed by atoms with Crippen LogP contribution < -0.4 is 11.1 Å². The Hall–Kier alpha value is -0.190. The molecule has 2 nitrogen and oxygen atoms in total. The van der Waals surface area contributed by atoms with Gasteiger partial charge in [-0.1, -0.05) is 11.6 Å². The van der Waals surface area contributed by atoms with Crippen LogP contribution in [-0.4, -0.2) is 24.5 Å². The lowest BCUT2D eigenvalue weighted by molar-refractivity contribution is 0.0862. The van der Waals surface area contributed by atoms with Gasteiger partial charge in [0.15, 0.2) is 0 Å². The molecule has 5 heteroatoms. The monoisotopic (exact) mass is 210 g/mol. The minimum atomic E-state index is -3.09. The molecule has 0 radical (unpaired) electrons. The summed E-state index contributed by atoms with van der Waals surface area (Å²) < 4.78 is 24.5. The van der Waals surface area contributed by atoms with Crippen molar-refractivity contribution in [1.29, 1.82) is 0 Å². The van der Waals surface area contributed by atoms with Gasteiger partial charge in [-0.25, -0.2) is 0 Å². The third-order valence-electron chi connectivity index (χ3n) is 1.91. The first kappa shape index (κ1) is 10.9. The predicted molar refractivity (Wildman–Crippen MR) is 49.0 cm³/mol. The molecule has 76 valence electrons. The molecule has 13 heavy (non-hydrogen) atoms. The maximum atomic E-state index is 12.3. The Labute approximate surface area is 81.1 Å². The summed E-state index contributed by atoms with van der Waals surface area (Å²) in [6.45, 7) is 1.35. The summed E-state index contributed by atoms with van der Waals surface area (Å²) >= 11 is 4.78. The number of nitrogens with two attached hydrogens (primary N) is 1. The van der Waals surface area contributed by atoms with Gasteiger partial charge in [0.2, 0.25) is 0 Å². The lowest BCUT2D eigenvalue weighted by Gasteiger charge is -2.19. The van der Waals surface area contributed by atoms with Gasteiger partial charge in [0, 0.05) is 25.6 Å². The van der Waals surface area contributed by atoms with Crippen LogP contribution in [0.1, 0.15) is 12.8 Å². The maximum absolute atomic E-state index is 12.3. The molecule has 0 spiro atoms. The van der Waals surface area contributed by atoms with Crippen LogP contribution in [0.3, 0.4) is 0 Å². The first-order chi connectivity index (χ1) is 5.97. The van der Waals surface area contributed by atoms with Gasteiger partial charge >= 0.3 is 5.38 Å². The van der Waals surface area contributed by atoms with E-state index in [9.17, 15) is 8.78 Å². The Morgan fingerprint density at radius 1 is 1.69 bits per heavy atom. The Bertz CT molecular complexity index is 201. The minimum Gasteiger partial charge on any atom is -0.323 e. The fraction of sp³-hybridized carbons (Fsp3) is 0.750. The van der Waals surface area contributed by atoms with E-state index < -0.39 is 5.38 Å². The second-order valence-electron chi connectivity index (χ2n) is 3.23. The molecule has 0 saturated carbocycles. The van der Waals surface area contributed by atoms with Crippen LogP contribution in [0.25, 0.3) is 0 Å². The fourth-order valence-corrected chi connectivity index (χ4v) is 1.39. The average Bonchev–Trinajstić information content (AvgIpc) is 2.00. The van der Waals surface area contributed by atoms with Gasteiger partial charge in [-0.15, -0.1) is 0 Å². The summed E-state index contributed by atoms with van der Waals surface area (Å²) in [5, 5.41) is -0.0553. The number of hydrogen-bond donors (Lipinski definition) is 2. The van der Waals surface area contributed by atoms with Crippen LogP contribution in [0.15, 0.2) is 11.6 Å². The Kier molecular flexibility index (Phi) is 3.64. The number of rotatable bonds is 3. The van der Waals surface area contributed by atoms with Crippen molar-refractivity contribution in [3.8, 4) is 0 Å². The lowest BCUT2D eigenvalue weighted by atomic mass is 10.0. The molecule has 3 N–H and O–H groups in total. The molecular weight excluding hydrogens is 198 g/mol. The largest absolute Gasteiger partial charge is 0.323 e. The van der Waals surface area contributed by atoms with Crippen molar-refractivity contribution in [1.82, 2.24) is 5.32 Å². The average molecular weight is 211 g/mol. The van der Waals surface area contributed by atoms with Gasteiger partial charge in [-0.3, -0.25) is 0 Å². The van der Waals surface area contributed by atoms with E-state index in [-0.39, 0.29) is 12.5 Å². The van der Waals surface area contributed by atoms with Crippen molar-refractivity contribution in [3.63, 3.8) is 0 Å². The fourth-order valence-electron chi connectivity index (χ4n) is 1.29. The van der Waals surface area contributed by atoms with Gasteiger partial charge in [-0.2, -0.15) is 8.78 Å². The summed E-state index contributed by atoms with van der Waals surface area (Å²) in [5.41, 5.74) is 6.52. The van der Waals surface area contributed by atoms with E-state index in [0.717, 1.165) is 5.57 Å². The van der Waals surface area contributed by atoms with Crippen molar-refractivity contribution in [2.24, 2.45) is 5.73 Å². The second kappa shape index (κ2) is 4.35. The van der Waals surface area contributed by atoms with E-state index >= 15 is 0 Å². The van der Waals surface area contributed by atoms with Crippen LogP contribution >= 0.6 is 11.6 Å². The lowest BCUT2D eigenvalue weighted by Crippen LogP contribution is -2.38. The SMILES string of the molecule is NC1C=C(CCC(F)(F)Cl)CNC1. The van der Waals surface area contributed by atoms with Gasteiger partial charge in [0.25, 0.3) is 0 Å². The minimum absolute atomic E-state index is 0.0623. The van der Waals surface area contributed by atoms with Crippen molar-refractivity contribution in [2.45, 2.75) is 24.3 Å². The summed E-state index contributed by atoms with van der Waals surface area (Å²) in [6, 6.07) is -0.0623. The zero-order valence-corrected chi connectivity index (χ0v) is 7.95. The molecule has 0 aromatic carbocycles. The molecule has 0 aromatic heterocycles. The highest BCUT2D eigenvalue weighted by Crippen LogP contribution is 2.27. The van der Waals surface area contributed by atoms with E-state index in [1.54, 1.807) is 0 Å². The zero-order chi connectivity index (χ0) is 9.90. The van der Waals surface area contributed by atoms with Gasteiger partial charge in [-0.05, 0) is 18.0 Å². The molecular formula is C8H13ClF2N2. The normalized spacial score (nSPS) is 24.3. The van der Waals surface area contributed by atoms with Gasteiger partial charge in [0.05, 0.1) is 0 Å². The molecule has 1 aliphatic rings. The highest BCUT2D eigenvalue weighted by Gasteiger charge is 2.24. The highest BCUT2D eigenvalue weighted by atomic mass is 35.5. The number of hydrogen-bond acceptors (Lipinski definition) is 2. The van der Waals surface area contributed by atoms with Crippen molar-refractivity contribution < 1.29 is 8.78 Å². The van der Waals surface area contributed by atoms with Crippen LogP contribution in [0.5, 0.6) is 0 Å². The van der Waals surface area contributed by atoms with Crippen molar-refractivity contribution >= 4 is 11.6 Å². The van der Waals surface area contributed by atoms with E-state index in [2.05, 4.69) is 5.32 Å². The number of halogens is 3. The Morgan fingerprint density at radius 3 is 2.92 bits per heavy atom. The zero-order valence-electron chi connectivity index (χ0n) is 7.19. The first-order valence-electron chi connectivity index (χ1n) is 4.20. The smallest absolute Gasteiger partial charge is 0.321 e. The number of nitrogens with one attached hydrogen (secondary N) is 1. The first-order valence-corrected chi connectivity index (χ1v) is 4.58.